The number of anilines is 1. The highest BCUT2D eigenvalue weighted by atomic mass is 16.5. The lowest BCUT2D eigenvalue weighted by atomic mass is 10.1. The van der Waals surface area contributed by atoms with Gasteiger partial charge in [0.05, 0.1) is 37.9 Å². The highest BCUT2D eigenvalue weighted by Gasteiger charge is 2.20. The molecule has 1 atom stereocenters. The van der Waals surface area contributed by atoms with Crippen LogP contribution in [0.3, 0.4) is 0 Å². The zero-order valence-electron chi connectivity index (χ0n) is 16.4. The van der Waals surface area contributed by atoms with E-state index in [4.69, 9.17) is 20.6 Å². The number of amides is 2. The number of nitrogens with zero attached hydrogens (tertiary/aromatic N) is 3. The molecule has 2 aromatic carbocycles. The van der Waals surface area contributed by atoms with Crippen molar-refractivity contribution < 1.29 is 14.6 Å². The Morgan fingerprint density at radius 3 is 2.50 bits per heavy atom. The van der Waals surface area contributed by atoms with Gasteiger partial charge in [-0.15, -0.1) is 5.11 Å². The van der Waals surface area contributed by atoms with Crippen LogP contribution in [0.1, 0.15) is 11.1 Å². The number of nitrogens with one attached hydrogen (secondary N) is 4. The van der Waals surface area contributed by atoms with Crippen molar-refractivity contribution in [1.29, 1.82) is 10.8 Å². The van der Waals surface area contributed by atoms with E-state index in [1.165, 1.54) is 0 Å². The van der Waals surface area contributed by atoms with Gasteiger partial charge in [-0.1, -0.05) is 12.1 Å². The number of carbonyl (C=O) groups is 1. The smallest absolute Gasteiger partial charge is 0.319 e. The van der Waals surface area contributed by atoms with E-state index in [0.717, 1.165) is 5.56 Å². The predicted octanol–water partition coefficient (Wildman–Crippen LogP) is 2.23. The molecule has 0 unspecified atom stereocenters. The fraction of sp³-hybridized carbons (Fsp3) is 0.250. The van der Waals surface area contributed by atoms with Crippen LogP contribution in [-0.2, 0) is 6.42 Å². The Kier molecular flexibility index (Phi) is 8.76. The molecule has 30 heavy (non-hydrogen) atoms. The minimum atomic E-state index is -0.708. The second-order valence-corrected chi connectivity index (χ2v) is 6.11. The van der Waals surface area contributed by atoms with Crippen LogP contribution in [0.2, 0.25) is 0 Å². The van der Waals surface area contributed by atoms with Crippen molar-refractivity contribution >= 4 is 17.6 Å². The fourth-order valence-corrected chi connectivity index (χ4v) is 2.53. The molecule has 0 aliphatic heterocycles. The van der Waals surface area contributed by atoms with Gasteiger partial charge in [0.1, 0.15) is 5.75 Å². The number of hydrogen-bond donors (Lipinski definition) is 5. The maximum Gasteiger partial charge on any atom is 0.319 e. The highest BCUT2D eigenvalue weighted by molar-refractivity contribution is 5.95. The van der Waals surface area contributed by atoms with E-state index < -0.39 is 12.1 Å². The van der Waals surface area contributed by atoms with Gasteiger partial charge in [0.25, 0.3) is 0 Å². The summed E-state index contributed by atoms with van der Waals surface area (Å²) in [5.41, 5.74) is 11.9. The van der Waals surface area contributed by atoms with E-state index in [2.05, 4.69) is 26.3 Å². The van der Waals surface area contributed by atoms with Gasteiger partial charge in [-0.2, -0.15) is 10.4 Å². The molecule has 0 fully saturated rings. The Morgan fingerprint density at radius 2 is 1.93 bits per heavy atom. The molecule has 0 bridgehead atoms. The van der Waals surface area contributed by atoms with E-state index in [0.29, 0.717) is 23.4 Å². The first kappa shape index (κ1) is 22.3. The SMILES string of the molecule is COc1ccc(C[C@H](NC(=O)Nc2ccc(C#N)cc2)/C(N=N)=N/NCCO)cc1. The minimum absolute atomic E-state index is 0.0502. The number of aliphatic hydroxyl groups excluding tert-OH is 1. The van der Waals surface area contributed by atoms with Crippen LogP contribution in [-0.4, -0.2) is 43.3 Å². The summed E-state index contributed by atoms with van der Waals surface area (Å²) in [6, 6.07) is 14.5. The van der Waals surface area contributed by atoms with Gasteiger partial charge < -0.3 is 25.9 Å². The number of methoxy groups -OCH3 is 1. The van der Waals surface area contributed by atoms with Crippen molar-refractivity contribution in [3.05, 3.63) is 59.7 Å². The second-order valence-electron chi connectivity index (χ2n) is 6.11. The lowest BCUT2D eigenvalue weighted by Crippen LogP contribution is -2.44. The molecule has 10 heteroatoms. The number of amidine groups is 1. The zero-order valence-corrected chi connectivity index (χ0v) is 16.4. The van der Waals surface area contributed by atoms with Crippen molar-refractivity contribution in [2.24, 2.45) is 10.2 Å². The molecule has 2 aromatic rings. The zero-order chi connectivity index (χ0) is 21.8. The first-order valence-electron chi connectivity index (χ1n) is 9.09. The first-order chi connectivity index (χ1) is 14.6. The molecule has 10 nitrogen and oxygen atoms in total. The Bertz CT molecular complexity index is 905. The number of hydrazone groups is 1. The maximum atomic E-state index is 12.5. The summed E-state index contributed by atoms with van der Waals surface area (Å²) in [6.07, 6.45) is 0.326. The van der Waals surface area contributed by atoms with Gasteiger partial charge in [-0.05, 0) is 42.0 Å². The van der Waals surface area contributed by atoms with Crippen LogP contribution in [0, 0.1) is 16.9 Å². The number of aliphatic hydroxyl groups is 1. The number of rotatable bonds is 9. The summed E-state index contributed by atoms with van der Waals surface area (Å²) < 4.78 is 5.15. The van der Waals surface area contributed by atoms with Crippen LogP contribution < -0.4 is 20.8 Å². The molecule has 156 valence electrons. The molecular formula is C20H23N7O3. The molecule has 2 amide bonds. The quantitative estimate of drug-likeness (QED) is 0.141. The molecule has 0 spiro atoms. The van der Waals surface area contributed by atoms with Crippen molar-refractivity contribution in [2.45, 2.75) is 12.5 Å². The predicted molar refractivity (Wildman–Crippen MR) is 111 cm³/mol. The Labute approximate surface area is 174 Å². The molecule has 5 N–H and O–H groups in total. The van der Waals surface area contributed by atoms with Gasteiger partial charge in [-0.3, -0.25) is 0 Å². The van der Waals surface area contributed by atoms with Crippen LogP contribution >= 0.6 is 0 Å². The van der Waals surface area contributed by atoms with E-state index in [1.807, 2.05) is 18.2 Å². The lowest BCUT2D eigenvalue weighted by molar-refractivity contribution is 0.250. The second kappa shape index (κ2) is 11.8. The van der Waals surface area contributed by atoms with Gasteiger partial charge >= 0.3 is 6.03 Å². The number of benzene rings is 2. The standard InChI is InChI=1S/C20H23N7O3/c1-30-17-8-4-14(5-9-17)12-18(19(26-22)27-23-10-11-28)25-20(29)24-16-6-2-15(13-21)3-7-16/h2-9,18,22-23,28H,10-12H2,1H3,(H2,24,25,29)/b26-22?,27-19-/t18-/m0/s1. The number of urea groups is 1. The van der Waals surface area contributed by atoms with E-state index >= 15 is 0 Å². The van der Waals surface area contributed by atoms with E-state index in [9.17, 15) is 4.79 Å². The molecule has 2 rings (SSSR count). The number of nitriles is 1. The number of hydrogen-bond acceptors (Lipinski definition) is 7. The third-order valence-corrected chi connectivity index (χ3v) is 4.02. The van der Waals surface area contributed by atoms with Crippen molar-refractivity contribution in [3.8, 4) is 11.8 Å². The van der Waals surface area contributed by atoms with Crippen LogP contribution in [0.15, 0.2) is 58.7 Å². The molecule has 0 saturated carbocycles. The van der Waals surface area contributed by atoms with Crippen molar-refractivity contribution in [1.82, 2.24) is 10.7 Å². The summed E-state index contributed by atoms with van der Waals surface area (Å²) in [7, 11) is 1.57. The monoisotopic (exact) mass is 409 g/mol. The summed E-state index contributed by atoms with van der Waals surface area (Å²) in [6.45, 7) is 0.0518. The Balaban J connectivity index is 2.15. The summed E-state index contributed by atoms with van der Waals surface area (Å²) in [5.74, 6) is 0.750. The van der Waals surface area contributed by atoms with Crippen LogP contribution in [0.4, 0.5) is 10.5 Å². The molecule has 0 heterocycles. The van der Waals surface area contributed by atoms with Crippen molar-refractivity contribution in [3.63, 3.8) is 0 Å². The summed E-state index contributed by atoms with van der Waals surface area (Å²) in [4.78, 5) is 12.5. The lowest BCUT2D eigenvalue weighted by Gasteiger charge is -2.18. The van der Waals surface area contributed by atoms with Crippen molar-refractivity contribution in [2.75, 3.05) is 25.6 Å². The molecular weight excluding hydrogens is 386 g/mol. The third-order valence-electron chi connectivity index (χ3n) is 4.02. The third kappa shape index (κ3) is 6.88. The summed E-state index contributed by atoms with van der Waals surface area (Å²) in [5, 5.41) is 30.6. The van der Waals surface area contributed by atoms with Crippen LogP contribution in [0.5, 0.6) is 5.75 Å². The summed E-state index contributed by atoms with van der Waals surface area (Å²) >= 11 is 0. The van der Waals surface area contributed by atoms with Gasteiger partial charge in [0.15, 0.2) is 5.84 Å². The Morgan fingerprint density at radius 1 is 1.23 bits per heavy atom. The van der Waals surface area contributed by atoms with Gasteiger partial charge in [0, 0.05) is 12.1 Å². The largest absolute Gasteiger partial charge is 0.497 e. The molecule has 0 aliphatic carbocycles. The minimum Gasteiger partial charge on any atom is -0.497 e. The Hall–Kier alpha value is -3.97. The maximum absolute atomic E-state index is 12.5. The topological polar surface area (TPSA) is 155 Å². The normalized spacial score (nSPS) is 11.7. The highest BCUT2D eigenvalue weighted by Crippen LogP contribution is 2.14. The van der Waals surface area contributed by atoms with Gasteiger partial charge in [0.2, 0.25) is 0 Å². The number of ether oxygens (including phenoxy) is 1. The van der Waals surface area contributed by atoms with Gasteiger partial charge in [-0.25, -0.2) is 10.3 Å². The van der Waals surface area contributed by atoms with Crippen LogP contribution in [0.25, 0.3) is 0 Å². The molecule has 0 aliphatic rings. The molecule has 0 radical (unpaired) electrons. The van der Waals surface area contributed by atoms with E-state index in [-0.39, 0.29) is 19.0 Å². The molecule has 0 aromatic heterocycles. The fourth-order valence-electron chi connectivity index (χ4n) is 2.53. The van der Waals surface area contributed by atoms with E-state index in [1.54, 1.807) is 43.5 Å². The average molecular weight is 409 g/mol. The average Bonchev–Trinajstić information content (AvgIpc) is 2.77. The first-order valence-corrected chi connectivity index (χ1v) is 9.09. The number of carbonyl (C=O) groups excluding carboxylic acids is 1. The molecule has 0 saturated heterocycles.